The first kappa shape index (κ1) is 15.5. The van der Waals surface area contributed by atoms with Gasteiger partial charge in [0, 0.05) is 37.0 Å². The minimum atomic E-state index is -0.380. The van der Waals surface area contributed by atoms with Gasteiger partial charge in [-0.3, -0.25) is 14.9 Å². The third-order valence-corrected chi connectivity index (χ3v) is 4.79. The number of carbonyl (C=O) groups excluding carboxylic acids is 1. The van der Waals surface area contributed by atoms with Gasteiger partial charge < -0.3 is 10.2 Å². The SMILES string of the molecule is C=CCNC(=O)[C@H]1Cc2cc([N+](=O)[O-])ccc2N2CCCC[C@@H]12. The number of piperidine rings is 1. The van der Waals surface area contributed by atoms with Gasteiger partial charge >= 0.3 is 0 Å². The van der Waals surface area contributed by atoms with Crippen LogP contribution in [0.25, 0.3) is 0 Å². The van der Waals surface area contributed by atoms with Crippen LogP contribution in [0.5, 0.6) is 0 Å². The van der Waals surface area contributed by atoms with E-state index in [2.05, 4.69) is 16.8 Å². The van der Waals surface area contributed by atoms with E-state index in [1.165, 1.54) is 0 Å². The minimum Gasteiger partial charge on any atom is -0.368 e. The molecule has 0 saturated carbocycles. The second-order valence-corrected chi connectivity index (χ2v) is 6.17. The molecule has 1 aromatic carbocycles. The molecule has 2 atom stereocenters. The van der Waals surface area contributed by atoms with Crippen molar-refractivity contribution in [3.05, 3.63) is 46.5 Å². The Balaban J connectivity index is 1.94. The lowest BCUT2D eigenvalue weighted by atomic mass is 9.80. The van der Waals surface area contributed by atoms with Crippen molar-refractivity contribution < 1.29 is 9.72 Å². The Labute approximate surface area is 135 Å². The van der Waals surface area contributed by atoms with Gasteiger partial charge in [-0.05, 0) is 37.3 Å². The maximum Gasteiger partial charge on any atom is 0.269 e. The molecular formula is C17H21N3O3. The van der Waals surface area contributed by atoms with Gasteiger partial charge in [0.1, 0.15) is 0 Å². The van der Waals surface area contributed by atoms with Crippen molar-refractivity contribution >= 4 is 17.3 Å². The highest BCUT2D eigenvalue weighted by Crippen LogP contribution is 2.39. The van der Waals surface area contributed by atoms with Crippen molar-refractivity contribution in [2.24, 2.45) is 5.92 Å². The van der Waals surface area contributed by atoms with Crippen LogP contribution >= 0.6 is 0 Å². The minimum absolute atomic E-state index is 0.0129. The molecular weight excluding hydrogens is 294 g/mol. The summed E-state index contributed by atoms with van der Waals surface area (Å²) in [6.07, 6.45) is 5.42. The summed E-state index contributed by atoms with van der Waals surface area (Å²) in [5.74, 6) is -0.149. The number of fused-ring (bicyclic) bond motifs is 3. The summed E-state index contributed by atoms with van der Waals surface area (Å²) in [6, 6.07) is 5.20. The average molecular weight is 315 g/mol. The zero-order valence-corrected chi connectivity index (χ0v) is 13.0. The van der Waals surface area contributed by atoms with E-state index in [0.29, 0.717) is 13.0 Å². The Morgan fingerprint density at radius 1 is 1.48 bits per heavy atom. The van der Waals surface area contributed by atoms with Crippen molar-refractivity contribution in [2.45, 2.75) is 31.7 Å². The number of hydrogen-bond donors (Lipinski definition) is 1. The summed E-state index contributed by atoms with van der Waals surface area (Å²) >= 11 is 0. The summed E-state index contributed by atoms with van der Waals surface area (Å²) in [4.78, 5) is 25.4. The number of nitro groups is 1. The van der Waals surface area contributed by atoms with Crippen LogP contribution in [0.2, 0.25) is 0 Å². The topological polar surface area (TPSA) is 75.5 Å². The Bertz CT molecular complexity index is 644. The van der Waals surface area contributed by atoms with Crippen LogP contribution in [0.1, 0.15) is 24.8 Å². The number of non-ortho nitro benzene ring substituents is 1. The molecule has 1 N–H and O–H groups in total. The third-order valence-electron chi connectivity index (χ3n) is 4.79. The van der Waals surface area contributed by atoms with Gasteiger partial charge in [-0.15, -0.1) is 6.58 Å². The fourth-order valence-corrected chi connectivity index (χ4v) is 3.75. The first-order valence-corrected chi connectivity index (χ1v) is 8.04. The number of benzene rings is 1. The summed E-state index contributed by atoms with van der Waals surface area (Å²) in [7, 11) is 0. The van der Waals surface area contributed by atoms with Crippen LogP contribution in [0.4, 0.5) is 11.4 Å². The largest absolute Gasteiger partial charge is 0.368 e. The Morgan fingerprint density at radius 2 is 2.30 bits per heavy atom. The highest BCUT2D eigenvalue weighted by atomic mass is 16.6. The van der Waals surface area contributed by atoms with Crippen molar-refractivity contribution in [3.8, 4) is 0 Å². The molecule has 6 heteroatoms. The number of rotatable bonds is 4. The van der Waals surface area contributed by atoms with Crippen LogP contribution in [0, 0.1) is 16.0 Å². The molecule has 0 unspecified atom stereocenters. The molecule has 0 aromatic heterocycles. The van der Waals surface area contributed by atoms with Gasteiger partial charge in [0.05, 0.1) is 10.8 Å². The molecule has 1 saturated heterocycles. The van der Waals surface area contributed by atoms with Crippen LogP contribution in [0.15, 0.2) is 30.9 Å². The molecule has 3 rings (SSSR count). The molecule has 1 aromatic rings. The zero-order chi connectivity index (χ0) is 16.4. The molecule has 23 heavy (non-hydrogen) atoms. The smallest absolute Gasteiger partial charge is 0.269 e. The van der Waals surface area contributed by atoms with Crippen molar-refractivity contribution in [2.75, 3.05) is 18.0 Å². The lowest BCUT2D eigenvalue weighted by Gasteiger charge is -2.45. The predicted octanol–water partition coefficient (Wildman–Crippen LogP) is 2.43. The molecule has 0 bridgehead atoms. The van der Waals surface area contributed by atoms with Crippen LogP contribution in [-0.4, -0.2) is 30.0 Å². The van der Waals surface area contributed by atoms with E-state index in [1.807, 2.05) is 6.07 Å². The number of nitrogens with zero attached hydrogens (tertiary/aromatic N) is 2. The predicted molar refractivity (Wildman–Crippen MR) is 88.5 cm³/mol. The fraction of sp³-hybridized carbons (Fsp3) is 0.471. The number of carbonyl (C=O) groups is 1. The molecule has 122 valence electrons. The van der Waals surface area contributed by atoms with Crippen molar-refractivity contribution in [1.82, 2.24) is 5.32 Å². The number of nitro benzene ring substituents is 1. The van der Waals surface area contributed by atoms with Crippen LogP contribution < -0.4 is 10.2 Å². The number of anilines is 1. The average Bonchev–Trinajstić information content (AvgIpc) is 2.58. The highest BCUT2D eigenvalue weighted by Gasteiger charge is 2.39. The van der Waals surface area contributed by atoms with E-state index in [1.54, 1.807) is 18.2 Å². The van der Waals surface area contributed by atoms with E-state index in [4.69, 9.17) is 0 Å². The first-order valence-electron chi connectivity index (χ1n) is 8.04. The van der Waals surface area contributed by atoms with E-state index >= 15 is 0 Å². The van der Waals surface area contributed by atoms with Crippen LogP contribution in [-0.2, 0) is 11.2 Å². The van der Waals surface area contributed by atoms with Gasteiger partial charge in [-0.1, -0.05) is 6.08 Å². The zero-order valence-electron chi connectivity index (χ0n) is 13.0. The quantitative estimate of drug-likeness (QED) is 0.526. The standard InChI is InChI=1S/C17H21N3O3/c1-2-8-18-17(21)14-11-12-10-13(20(22)23)6-7-15(12)19-9-4-3-5-16(14)19/h2,6-7,10,14,16H,1,3-5,8-9,11H2,(H,18,21)/t14-,16-/m0/s1. The molecule has 0 radical (unpaired) electrons. The Morgan fingerprint density at radius 3 is 3.04 bits per heavy atom. The molecule has 6 nitrogen and oxygen atoms in total. The molecule has 0 aliphatic carbocycles. The highest BCUT2D eigenvalue weighted by molar-refractivity contribution is 5.82. The van der Waals surface area contributed by atoms with E-state index in [9.17, 15) is 14.9 Å². The number of nitrogens with one attached hydrogen (secondary N) is 1. The molecule has 0 spiro atoms. The molecule has 1 amide bonds. The van der Waals surface area contributed by atoms with Gasteiger partial charge in [-0.25, -0.2) is 0 Å². The summed E-state index contributed by atoms with van der Waals surface area (Å²) < 4.78 is 0. The lowest BCUT2D eigenvalue weighted by molar-refractivity contribution is -0.384. The second-order valence-electron chi connectivity index (χ2n) is 6.17. The van der Waals surface area contributed by atoms with E-state index in [-0.39, 0.29) is 28.5 Å². The van der Waals surface area contributed by atoms with Gasteiger partial charge in [0.15, 0.2) is 0 Å². The lowest BCUT2D eigenvalue weighted by Crippen LogP contribution is -2.53. The number of hydrogen-bond acceptors (Lipinski definition) is 4. The summed E-state index contributed by atoms with van der Waals surface area (Å²) in [6.45, 7) is 4.98. The summed E-state index contributed by atoms with van der Waals surface area (Å²) in [5, 5.41) is 13.9. The first-order chi connectivity index (χ1) is 11.1. The van der Waals surface area contributed by atoms with Crippen molar-refractivity contribution in [1.29, 1.82) is 0 Å². The van der Waals surface area contributed by atoms with E-state index in [0.717, 1.165) is 37.1 Å². The molecule has 2 heterocycles. The van der Waals surface area contributed by atoms with Gasteiger partial charge in [0.2, 0.25) is 5.91 Å². The normalized spacial score (nSPS) is 22.7. The van der Waals surface area contributed by atoms with E-state index < -0.39 is 0 Å². The second kappa shape index (κ2) is 6.40. The fourth-order valence-electron chi connectivity index (χ4n) is 3.75. The Kier molecular flexibility index (Phi) is 4.32. The monoisotopic (exact) mass is 315 g/mol. The summed E-state index contributed by atoms with van der Waals surface area (Å²) in [5.41, 5.74) is 2.04. The van der Waals surface area contributed by atoms with Crippen molar-refractivity contribution in [3.63, 3.8) is 0 Å². The number of amides is 1. The van der Waals surface area contributed by atoms with Gasteiger partial charge in [-0.2, -0.15) is 0 Å². The maximum atomic E-state index is 12.5. The van der Waals surface area contributed by atoms with Gasteiger partial charge in [0.25, 0.3) is 5.69 Å². The molecule has 1 fully saturated rings. The molecule has 2 aliphatic heterocycles. The Hall–Kier alpha value is -2.37. The maximum absolute atomic E-state index is 12.5. The third kappa shape index (κ3) is 2.93. The van der Waals surface area contributed by atoms with Crippen LogP contribution in [0.3, 0.4) is 0 Å². The molecule has 2 aliphatic rings.